The van der Waals surface area contributed by atoms with Crippen LogP contribution in [0.1, 0.15) is 43.4 Å². The molecule has 0 aliphatic heterocycles. The molecule has 0 aromatic heterocycles. The van der Waals surface area contributed by atoms with Crippen molar-refractivity contribution in [1.82, 2.24) is 5.32 Å². The topological polar surface area (TPSA) is 12.0 Å². The molecule has 0 saturated heterocycles. The predicted octanol–water partition coefficient (Wildman–Crippen LogP) is 3.87. The summed E-state index contributed by atoms with van der Waals surface area (Å²) in [5.41, 5.74) is 4.37. The molecule has 0 heterocycles. The molecule has 100 valence electrons. The van der Waals surface area contributed by atoms with Gasteiger partial charge in [-0.1, -0.05) is 32.0 Å². The third kappa shape index (κ3) is 3.35. The number of aryl methyl sites for hydroxylation is 2. The highest BCUT2D eigenvalue weighted by Gasteiger charge is 2.30. The van der Waals surface area contributed by atoms with Crippen molar-refractivity contribution in [2.45, 2.75) is 53.0 Å². The van der Waals surface area contributed by atoms with Crippen LogP contribution >= 0.6 is 0 Å². The molecule has 0 amide bonds. The lowest BCUT2D eigenvalue weighted by atomic mass is 9.70. The van der Waals surface area contributed by atoms with Gasteiger partial charge in [-0.2, -0.15) is 0 Å². The van der Waals surface area contributed by atoms with Crippen LogP contribution in [0.25, 0.3) is 0 Å². The zero-order valence-corrected chi connectivity index (χ0v) is 12.3. The molecule has 1 N–H and O–H groups in total. The fraction of sp³-hybridized carbons (Fsp3) is 0.647. The van der Waals surface area contributed by atoms with Crippen LogP contribution < -0.4 is 5.32 Å². The standard InChI is InChI=1S/C17H27N/c1-12(2)18-11-17-8-7-16(17)10-15-6-5-13(3)14(4)9-15/h5-6,9,12,16-18H,7-8,10-11H2,1-4H3. The zero-order valence-electron chi connectivity index (χ0n) is 12.3. The molecule has 0 radical (unpaired) electrons. The van der Waals surface area contributed by atoms with Crippen molar-refractivity contribution in [3.8, 4) is 0 Å². The van der Waals surface area contributed by atoms with Crippen molar-refractivity contribution in [2.75, 3.05) is 6.54 Å². The summed E-state index contributed by atoms with van der Waals surface area (Å²) >= 11 is 0. The molecule has 1 aromatic rings. The average molecular weight is 245 g/mol. The Morgan fingerprint density at radius 1 is 1.11 bits per heavy atom. The van der Waals surface area contributed by atoms with Gasteiger partial charge in [0.15, 0.2) is 0 Å². The van der Waals surface area contributed by atoms with Crippen LogP contribution in [0.2, 0.25) is 0 Å². The lowest BCUT2D eigenvalue weighted by Gasteiger charge is -2.37. The first-order chi connectivity index (χ1) is 8.56. The van der Waals surface area contributed by atoms with Crippen LogP contribution in [0, 0.1) is 25.7 Å². The van der Waals surface area contributed by atoms with Crippen molar-refractivity contribution in [3.05, 3.63) is 34.9 Å². The Labute approximate surface area is 112 Å². The summed E-state index contributed by atoms with van der Waals surface area (Å²) in [6, 6.07) is 7.58. The van der Waals surface area contributed by atoms with E-state index in [0.717, 1.165) is 11.8 Å². The second kappa shape index (κ2) is 5.88. The van der Waals surface area contributed by atoms with Crippen molar-refractivity contribution < 1.29 is 0 Å². The van der Waals surface area contributed by atoms with E-state index in [-0.39, 0.29) is 0 Å². The van der Waals surface area contributed by atoms with Gasteiger partial charge in [-0.3, -0.25) is 0 Å². The molecule has 1 nitrogen and oxygen atoms in total. The molecule has 1 fully saturated rings. The lowest BCUT2D eigenvalue weighted by molar-refractivity contribution is 0.168. The van der Waals surface area contributed by atoms with Crippen LogP contribution in [-0.2, 0) is 6.42 Å². The highest BCUT2D eigenvalue weighted by Crippen LogP contribution is 2.36. The summed E-state index contributed by atoms with van der Waals surface area (Å²) in [6.45, 7) is 10.1. The molecule has 2 atom stereocenters. The van der Waals surface area contributed by atoms with E-state index in [2.05, 4.69) is 51.2 Å². The summed E-state index contributed by atoms with van der Waals surface area (Å²) in [7, 11) is 0. The van der Waals surface area contributed by atoms with E-state index in [1.54, 1.807) is 0 Å². The molecule has 0 spiro atoms. The largest absolute Gasteiger partial charge is 0.314 e. The lowest BCUT2D eigenvalue weighted by Crippen LogP contribution is -2.38. The Kier molecular flexibility index (Phi) is 4.45. The molecule has 1 aliphatic rings. The second-order valence-electron chi connectivity index (χ2n) is 6.28. The van der Waals surface area contributed by atoms with Crippen molar-refractivity contribution in [1.29, 1.82) is 0 Å². The minimum absolute atomic E-state index is 0.618. The fourth-order valence-electron chi connectivity index (χ4n) is 2.80. The summed E-state index contributed by atoms with van der Waals surface area (Å²) in [4.78, 5) is 0. The summed E-state index contributed by atoms with van der Waals surface area (Å²) in [5.74, 6) is 1.80. The molecule has 1 heteroatoms. The van der Waals surface area contributed by atoms with E-state index in [0.29, 0.717) is 6.04 Å². The van der Waals surface area contributed by atoms with Gasteiger partial charge in [0.05, 0.1) is 0 Å². The van der Waals surface area contributed by atoms with Crippen molar-refractivity contribution in [2.24, 2.45) is 11.8 Å². The highest BCUT2D eigenvalue weighted by molar-refractivity contribution is 5.30. The number of benzene rings is 1. The van der Waals surface area contributed by atoms with Crippen LogP contribution in [-0.4, -0.2) is 12.6 Å². The fourth-order valence-corrected chi connectivity index (χ4v) is 2.80. The normalized spacial score (nSPS) is 23.2. The third-order valence-corrected chi connectivity index (χ3v) is 4.43. The number of hydrogen-bond acceptors (Lipinski definition) is 1. The molecule has 2 unspecified atom stereocenters. The Balaban J connectivity index is 1.87. The maximum absolute atomic E-state index is 3.58. The molecule has 1 aromatic carbocycles. The minimum Gasteiger partial charge on any atom is -0.314 e. The van der Waals surface area contributed by atoms with E-state index in [1.165, 1.54) is 42.5 Å². The van der Waals surface area contributed by atoms with Crippen LogP contribution in [0.5, 0.6) is 0 Å². The summed E-state index contributed by atoms with van der Waals surface area (Å²) in [5, 5.41) is 3.58. The van der Waals surface area contributed by atoms with Gasteiger partial charge in [-0.25, -0.2) is 0 Å². The molecule has 2 rings (SSSR count). The molecular formula is C17H27N. The zero-order chi connectivity index (χ0) is 13.1. The molecule has 1 aliphatic carbocycles. The Hall–Kier alpha value is -0.820. The molecular weight excluding hydrogens is 218 g/mol. The van der Waals surface area contributed by atoms with Crippen LogP contribution in [0.3, 0.4) is 0 Å². The quantitative estimate of drug-likeness (QED) is 0.830. The van der Waals surface area contributed by atoms with E-state index < -0.39 is 0 Å². The van der Waals surface area contributed by atoms with Gasteiger partial charge in [0.25, 0.3) is 0 Å². The molecule has 18 heavy (non-hydrogen) atoms. The van der Waals surface area contributed by atoms with Gasteiger partial charge in [0.1, 0.15) is 0 Å². The van der Waals surface area contributed by atoms with Gasteiger partial charge < -0.3 is 5.32 Å². The van der Waals surface area contributed by atoms with Gasteiger partial charge in [0, 0.05) is 6.04 Å². The van der Waals surface area contributed by atoms with E-state index >= 15 is 0 Å². The number of nitrogens with one attached hydrogen (secondary N) is 1. The van der Waals surface area contributed by atoms with Gasteiger partial charge in [-0.05, 0) is 68.2 Å². The second-order valence-corrected chi connectivity index (χ2v) is 6.28. The number of rotatable bonds is 5. The van der Waals surface area contributed by atoms with E-state index in [4.69, 9.17) is 0 Å². The molecule has 1 saturated carbocycles. The van der Waals surface area contributed by atoms with Gasteiger partial charge >= 0.3 is 0 Å². The SMILES string of the molecule is Cc1ccc(CC2CCC2CNC(C)C)cc1C. The van der Waals surface area contributed by atoms with Crippen molar-refractivity contribution in [3.63, 3.8) is 0 Å². The van der Waals surface area contributed by atoms with E-state index in [1.807, 2.05) is 0 Å². The van der Waals surface area contributed by atoms with E-state index in [9.17, 15) is 0 Å². The Bertz CT molecular complexity index is 395. The van der Waals surface area contributed by atoms with Gasteiger partial charge in [-0.15, -0.1) is 0 Å². The molecule has 0 bridgehead atoms. The number of hydrogen-bond donors (Lipinski definition) is 1. The first-order valence-corrected chi connectivity index (χ1v) is 7.35. The minimum atomic E-state index is 0.618. The summed E-state index contributed by atoms with van der Waals surface area (Å²) in [6.07, 6.45) is 4.10. The third-order valence-electron chi connectivity index (χ3n) is 4.43. The van der Waals surface area contributed by atoms with Crippen LogP contribution in [0.15, 0.2) is 18.2 Å². The van der Waals surface area contributed by atoms with Crippen LogP contribution in [0.4, 0.5) is 0 Å². The van der Waals surface area contributed by atoms with Gasteiger partial charge in [0.2, 0.25) is 0 Å². The maximum Gasteiger partial charge on any atom is 0.00104 e. The maximum atomic E-state index is 3.58. The van der Waals surface area contributed by atoms with Crippen molar-refractivity contribution >= 4 is 0 Å². The summed E-state index contributed by atoms with van der Waals surface area (Å²) < 4.78 is 0. The predicted molar refractivity (Wildman–Crippen MR) is 79.0 cm³/mol. The monoisotopic (exact) mass is 245 g/mol. The first-order valence-electron chi connectivity index (χ1n) is 7.35. The first kappa shape index (κ1) is 13.6. The average Bonchev–Trinajstić information content (AvgIpc) is 2.29. The Morgan fingerprint density at radius 3 is 2.39 bits per heavy atom. The smallest absolute Gasteiger partial charge is 0.00104 e. The Morgan fingerprint density at radius 2 is 1.83 bits per heavy atom. The highest BCUT2D eigenvalue weighted by atomic mass is 14.9.